The number of hydrogen-bond acceptors (Lipinski definition) is 3. The van der Waals surface area contributed by atoms with E-state index in [0.29, 0.717) is 28.9 Å². The number of benzene rings is 1. The van der Waals surface area contributed by atoms with E-state index in [1.807, 2.05) is 0 Å². The number of nitrogen functional groups attached to an aromatic ring is 1. The van der Waals surface area contributed by atoms with E-state index >= 15 is 0 Å². The van der Waals surface area contributed by atoms with Gasteiger partial charge in [-0.15, -0.1) is 0 Å². The maximum Gasteiger partial charge on any atom is 0.224 e. The van der Waals surface area contributed by atoms with E-state index in [4.69, 9.17) is 17.3 Å². The fraction of sp³-hybridized carbons (Fsp3) is 0.562. The molecular weight excluding hydrogens is 286 g/mol. The normalized spacial score (nSPS) is 15.6. The van der Waals surface area contributed by atoms with Gasteiger partial charge in [0.1, 0.15) is 0 Å². The van der Waals surface area contributed by atoms with Crippen molar-refractivity contribution in [1.82, 2.24) is 4.90 Å². The molecule has 4 nitrogen and oxygen atoms in total. The molecular formula is C16H24ClN3O. The maximum absolute atomic E-state index is 12.0. The van der Waals surface area contributed by atoms with Crippen LogP contribution in [-0.4, -0.2) is 30.4 Å². The Morgan fingerprint density at radius 3 is 2.86 bits per heavy atom. The van der Waals surface area contributed by atoms with Crippen LogP contribution in [0.2, 0.25) is 5.02 Å². The van der Waals surface area contributed by atoms with Crippen molar-refractivity contribution in [2.75, 3.05) is 24.6 Å². The molecule has 0 saturated heterocycles. The first-order chi connectivity index (χ1) is 10.1. The van der Waals surface area contributed by atoms with Gasteiger partial charge in [0, 0.05) is 17.5 Å². The summed E-state index contributed by atoms with van der Waals surface area (Å²) in [5.41, 5.74) is 6.95. The number of rotatable bonds is 6. The number of nitrogens with one attached hydrogen (secondary N) is 1. The number of nitrogens with zero attached hydrogens (tertiary/aromatic N) is 1. The minimum Gasteiger partial charge on any atom is -0.397 e. The highest BCUT2D eigenvalue weighted by Gasteiger charge is 2.19. The van der Waals surface area contributed by atoms with Crippen molar-refractivity contribution in [3.63, 3.8) is 0 Å². The first kappa shape index (κ1) is 16.1. The largest absolute Gasteiger partial charge is 0.397 e. The zero-order valence-electron chi connectivity index (χ0n) is 12.6. The van der Waals surface area contributed by atoms with E-state index in [1.54, 1.807) is 18.2 Å². The van der Waals surface area contributed by atoms with Gasteiger partial charge < -0.3 is 16.0 Å². The predicted molar refractivity (Wildman–Crippen MR) is 88.6 cm³/mol. The van der Waals surface area contributed by atoms with Crippen molar-refractivity contribution in [3.05, 3.63) is 23.2 Å². The van der Waals surface area contributed by atoms with E-state index in [2.05, 4.69) is 17.3 Å². The molecule has 0 aromatic heterocycles. The molecule has 3 N–H and O–H groups in total. The van der Waals surface area contributed by atoms with Gasteiger partial charge in [-0.2, -0.15) is 0 Å². The third-order valence-electron chi connectivity index (χ3n) is 4.15. The molecule has 0 heterocycles. The van der Waals surface area contributed by atoms with Gasteiger partial charge in [-0.05, 0) is 51.1 Å². The van der Waals surface area contributed by atoms with E-state index in [9.17, 15) is 4.79 Å². The van der Waals surface area contributed by atoms with E-state index in [0.717, 1.165) is 13.0 Å². The van der Waals surface area contributed by atoms with Crippen LogP contribution in [0.25, 0.3) is 0 Å². The molecule has 5 heteroatoms. The van der Waals surface area contributed by atoms with Crippen LogP contribution in [0.1, 0.15) is 38.5 Å². The topological polar surface area (TPSA) is 58.4 Å². The lowest BCUT2D eigenvalue weighted by Crippen LogP contribution is -2.30. The third-order valence-corrected chi connectivity index (χ3v) is 4.39. The molecule has 1 aromatic rings. The maximum atomic E-state index is 12.0. The Balaban J connectivity index is 1.73. The van der Waals surface area contributed by atoms with Crippen molar-refractivity contribution in [1.29, 1.82) is 0 Å². The molecule has 0 atom stereocenters. The molecule has 21 heavy (non-hydrogen) atoms. The second-order valence-electron chi connectivity index (χ2n) is 5.80. The average molecular weight is 310 g/mol. The number of halogens is 1. The first-order valence-corrected chi connectivity index (χ1v) is 7.99. The zero-order chi connectivity index (χ0) is 15.2. The predicted octanol–water partition coefficient (Wildman–Crippen LogP) is 3.52. The lowest BCUT2D eigenvalue weighted by molar-refractivity contribution is -0.116. The van der Waals surface area contributed by atoms with E-state index < -0.39 is 0 Å². The smallest absolute Gasteiger partial charge is 0.224 e. The minimum absolute atomic E-state index is 0.0104. The molecule has 116 valence electrons. The third kappa shape index (κ3) is 4.90. The molecule has 0 unspecified atom stereocenters. The Morgan fingerprint density at radius 2 is 2.14 bits per heavy atom. The van der Waals surface area contributed by atoms with Gasteiger partial charge >= 0.3 is 0 Å². The standard InChI is InChI=1S/C16H24ClN3O/c1-20(13-5-2-3-6-13)10-4-7-16(21)19-15-11-12(17)8-9-14(15)18/h8-9,11,13H,2-7,10,18H2,1H3,(H,19,21). The molecule has 0 radical (unpaired) electrons. The summed E-state index contributed by atoms with van der Waals surface area (Å²) in [7, 11) is 2.16. The Hall–Kier alpha value is -1.26. The minimum atomic E-state index is -0.0104. The number of amides is 1. The molecule has 0 aliphatic heterocycles. The molecule has 1 amide bonds. The second-order valence-corrected chi connectivity index (χ2v) is 6.24. The van der Waals surface area contributed by atoms with Gasteiger partial charge in [0.15, 0.2) is 0 Å². The molecule has 1 aromatic carbocycles. The van der Waals surface area contributed by atoms with Gasteiger partial charge in [0.2, 0.25) is 5.91 Å². The van der Waals surface area contributed by atoms with Gasteiger partial charge in [0.05, 0.1) is 11.4 Å². The van der Waals surface area contributed by atoms with Gasteiger partial charge in [-0.1, -0.05) is 24.4 Å². The lowest BCUT2D eigenvalue weighted by atomic mass is 10.2. The van der Waals surface area contributed by atoms with Crippen LogP contribution in [0.3, 0.4) is 0 Å². The van der Waals surface area contributed by atoms with Gasteiger partial charge in [-0.25, -0.2) is 0 Å². The Bertz CT molecular complexity index is 486. The fourth-order valence-corrected chi connectivity index (χ4v) is 3.04. The Morgan fingerprint density at radius 1 is 1.43 bits per heavy atom. The summed E-state index contributed by atoms with van der Waals surface area (Å²) in [6, 6.07) is 5.80. The number of anilines is 2. The Kier molecular flexibility index (Phi) is 5.88. The van der Waals surface area contributed by atoms with E-state index in [1.165, 1.54) is 25.7 Å². The van der Waals surface area contributed by atoms with Crippen LogP contribution >= 0.6 is 11.6 Å². The molecule has 1 aliphatic rings. The molecule has 1 saturated carbocycles. The van der Waals surface area contributed by atoms with Crippen molar-refractivity contribution in [3.8, 4) is 0 Å². The summed E-state index contributed by atoms with van der Waals surface area (Å²) in [6.07, 6.45) is 6.62. The SMILES string of the molecule is CN(CCCC(=O)Nc1cc(Cl)ccc1N)C1CCCC1. The molecule has 1 aliphatic carbocycles. The van der Waals surface area contributed by atoms with Crippen molar-refractivity contribution < 1.29 is 4.79 Å². The monoisotopic (exact) mass is 309 g/mol. The van der Waals surface area contributed by atoms with Crippen LogP contribution in [0.15, 0.2) is 18.2 Å². The van der Waals surface area contributed by atoms with Crippen molar-refractivity contribution >= 4 is 28.9 Å². The van der Waals surface area contributed by atoms with Gasteiger partial charge in [0.25, 0.3) is 0 Å². The van der Waals surface area contributed by atoms with Crippen LogP contribution < -0.4 is 11.1 Å². The summed E-state index contributed by atoms with van der Waals surface area (Å²) < 4.78 is 0. The molecule has 0 bridgehead atoms. The summed E-state index contributed by atoms with van der Waals surface area (Å²) in [5.74, 6) is -0.0104. The zero-order valence-corrected chi connectivity index (χ0v) is 13.3. The highest BCUT2D eigenvalue weighted by Crippen LogP contribution is 2.24. The number of hydrogen-bond donors (Lipinski definition) is 2. The second kappa shape index (κ2) is 7.66. The average Bonchev–Trinajstić information content (AvgIpc) is 2.97. The van der Waals surface area contributed by atoms with Crippen LogP contribution in [0, 0.1) is 0 Å². The Labute approximate surface area is 131 Å². The quantitative estimate of drug-likeness (QED) is 0.791. The fourth-order valence-electron chi connectivity index (χ4n) is 2.87. The van der Waals surface area contributed by atoms with Crippen LogP contribution in [0.4, 0.5) is 11.4 Å². The molecule has 0 spiro atoms. The number of carbonyl (C=O) groups excluding carboxylic acids is 1. The number of nitrogens with two attached hydrogens (primary N) is 1. The highest BCUT2D eigenvalue weighted by molar-refractivity contribution is 6.31. The molecule has 2 rings (SSSR count). The van der Waals surface area contributed by atoms with Crippen LogP contribution in [-0.2, 0) is 4.79 Å². The van der Waals surface area contributed by atoms with Crippen LogP contribution in [0.5, 0.6) is 0 Å². The first-order valence-electron chi connectivity index (χ1n) is 7.61. The van der Waals surface area contributed by atoms with E-state index in [-0.39, 0.29) is 5.91 Å². The summed E-state index contributed by atoms with van der Waals surface area (Å²) in [4.78, 5) is 14.3. The summed E-state index contributed by atoms with van der Waals surface area (Å²) in [6.45, 7) is 0.961. The van der Waals surface area contributed by atoms with Gasteiger partial charge in [-0.3, -0.25) is 4.79 Å². The lowest BCUT2D eigenvalue weighted by Gasteiger charge is -2.23. The van der Waals surface area contributed by atoms with Crippen molar-refractivity contribution in [2.24, 2.45) is 0 Å². The number of carbonyl (C=O) groups is 1. The highest BCUT2D eigenvalue weighted by atomic mass is 35.5. The molecule has 1 fully saturated rings. The summed E-state index contributed by atoms with van der Waals surface area (Å²) >= 11 is 5.91. The van der Waals surface area contributed by atoms with Crippen molar-refractivity contribution in [2.45, 2.75) is 44.6 Å². The summed E-state index contributed by atoms with van der Waals surface area (Å²) in [5, 5.41) is 3.40.